The molecule has 0 aromatic carbocycles. The Bertz CT molecular complexity index is 55.0. The monoisotopic (exact) mass is 83.1 g/mol. The topological polar surface area (TPSA) is 12.4 Å². The van der Waals surface area contributed by atoms with Crippen LogP contribution >= 0.6 is 0 Å². The van der Waals surface area contributed by atoms with Gasteiger partial charge in [0.1, 0.15) is 0 Å². The summed E-state index contributed by atoms with van der Waals surface area (Å²) in [5.41, 5.74) is 0. The molecular weight excluding hydrogens is 74.1 g/mol. The minimum Gasteiger partial charge on any atom is -0.294 e. The molecule has 0 amide bonds. The van der Waals surface area contributed by atoms with Crippen LogP contribution in [0.25, 0.3) is 0 Å². The Labute approximate surface area is 38.4 Å². The highest BCUT2D eigenvalue weighted by Gasteiger charge is 1.56. The zero-order chi connectivity index (χ0) is 4.83. The molecule has 0 spiro atoms. The quantitative estimate of drug-likeness (QED) is 0.352. The Kier molecular flexibility index (Phi) is 3.98. The van der Waals surface area contributed by atoms with Crippen molar-refractivity contribution in [2.45, 2.75) is 6.92 Å². The van der Waals surface area contributed by atoms with Crippen molar-refractivity contribution in [3.63, 3.8) is 0 Å². The lowest BCUT2D eigenvalue weighted by Gasteiger charge is -1.72. The van der Waals surface area contributed by atoms with E-state index in [0.29, 0.717) is 0 Å². The van der Waals surface area contributed by atoms with E-state index in [1.165, 1.54) is 0 Å². The number of aliphatic imine (C=N–C) groups is 1. The minimum absolute atomic E-state index is 0.747. The Balaban J connectivity index is 2.85. The van der Waals surface area contributed by atoms with Gasteiger partial charge >= 0.3 is 0 Å². The van der Waals surface area contributed by atoms with E-state index in [2.05, 4.69) is 11.6 Å². The smallest absolute Gasteiger partial charge is 0.0563 e. The Hall–Kier alpha value is -0.590. The molecule has 0 aliphatic rings. The normalized spacial score (nSPS) is 9.50. The average molecular weight is 83.1 g/mol. The zero-order valence-corrected chi connectivity index (χ0v) is 4.02. The van der Waals surface area contributed by atoms with Crippen LogP contribution in [-0.2, 0) is 0 Å². The Morgan fingerprint density at radius 1 is 1.83 bits per heavy atom. The molecule has 0 N–H and O–H groups in total. The van der Waals surface area contributed by atoms with Gasteiger partial charge in [-0.25, -0.2) is 0 Å². The number of rotatable bonds is 2. The van der Waals surface area contributed by atoms with Gasteiger partial charge in [-0.05, 0) is 13.1 Å². The van der Waals surface area contributed by atoms with E-state index in [4.69, 9.17) is 0 Å². The molecule has 0 rings (SSSR count). The lowest BCUT2D eigenvalue weighted by molar-refractivity contribution is 1.26. The van der Waals surface area contributed by atoms with Crippen molar-refractivity contribution in [1.29, 1.82) is 0 Å². The van der Waals surface area contributed by atoms with Crippen molar-refractivity contribution in [3.05, 3.63) is 12.7 Å². The molecule has 0 heterocycles. The van der Waals surface area contributed by atoms with Crippen LogP contribution in [0.4, 0.5) is 0 Å². The number of hydrogen-bond donors (Lipinski definition) is 0. The molecule has 0 aliphatic carbocycles. The first-order valence-electron chi connectivity index (χ1n) is 1.97. The van der Waals surface area contributed by atoms with E-state index < -0.39 is 0 Å². The van der Waals surface area contributed by atoms with E-state index >= 15 is 0 Å². The molecule has 0 saturated carbocycles. The number of nitrogens with zero attached hydrogens (tertiary/aromatic N) is 1. The van der Waals surface area contributed by atoms with Gasteiger partial charge in [-0.15, -0.1) is 6.58 Å². The van der Waals surface area contributed by atoms with Gasteiger partial charge in [0.2, 0.25) is 0 Å². The van der Waals surface area contributed by atoms with Crippen molar-refractivity contribution in [3.8, 4) is 0 Å². The SMILES string of the molecule is C=CC/N=C/C. The summed E-state index contributed by atoms with van der Waals surface area (Å²) in [6.07, 6.45) is 3.53. The molecule has 0 saturated heterocycles. The first-order valence-corrected chi connectivity index (χ1v) is 1.97. The van der Waals surface area contributed by atoms with E-state index in [0.717, 1.165) is 6.54 Å². The van der Waals surface area contributed by atoms with Crippen LogP contribution in [0.5, 0.6) is 0 Å². The zero-order valence-electron chi connectivity index (χ0n) is 4.02. The average Bonchev–Trinajstić information content (AvgIpc) is 1.61. The Morgan fingerprint density at radius 3 is 2.67 bits per heavy atom. The van der Waals surface area contributed by atoms with E-state index in [9.17, 15) is 0 Å². The second-order valence-corrected chi connectivity index (χ2v) is 0.912. The van der Waals surface area contributed by atoms with Crippen LogP contribution in [0.2, 0.25) is 0 Å². The minimum atomic E-state index is 0.747. The van der Waals surface area contributed by atoms with Crippen LogP contribution in [0.3, 0.4) is 0 Å². The van der Waals surface area contributed by atoms with Gasteiger partial charge in [0.25, 0.3) is 0 Å². The summed E-state index contributed by atoms with van der Waals surface area (Å²) in [6.45, 7) is 6.12. The third kappa shape index (κ3) is 3.41. The molecule has 0 radical (unpaired) electrons. The van der Waals surface area contributed by atoms with Gasteiger partial charge in [0.05, 0.1) is 6.54 Å². The molecule has 0 bridgehead atoms. The molecule has 0 unspecified atom stereocenters. The van der Waals surface area contributed by atoms with Crippen LogP contribution in [0.15, 0.2) is 17.6 Å². The van der Waals surface area contributed by atoms with Crippen LogP contribution in [0.1, 0.15) is 6.92 Å². The summed E-state index contributed by atoms with van der Waals surface area (Å²) < 4.78 is 0. The fourth-order valence-electron chi connectivity index (χ4n) is 0.180. The molecule has 0 aromatic rings. The highest BCUT2D eigenvalue weighted by Crippen LogP contribution is 1.63. The van der Waals surface area contributed by atoms with Crippen LogP contribution < -0.4 is 0 Å². The molecule has 0 aliphatic heterocycles. The summed E-state index contributed by atoms with van der Waals surface area (Å²) in [5, 5.41) is 0. The summed E-state index contributed by atoms with van der Waals surface area (Å²) >= 11 is 0. The first-order chi connectivity index (χ1) is 2.91. The fraction of sp³-hybridized carbons (Fsp3) is 0.400. The van der Waals surface area contributed by atoms with Gasteiger partial charge < -0.3 is 0 Å². The molecule has 0 aromatic heterocycles. The molecule has 34 valence electrons. The maximum Gasteiger partial charge on any atom is 0.0563 e. The third-order valence-electron chi connectivity index (χ3n) is 0.417. The molecule has 0 atom stereocenters. The number of hydrogen-bond acceptors (Lipinski definition) is 1. The third-order valence-corrected chi connectivity index (χ3v) is 0.417. The summed E-state index contributed by atoms with van der Waals surface area (Å²) in [6, 6.07) is 0. The second-order valence-electron chi connectivity index (χ2n) is 0.912. The molecule has 1 nitrogen and oxygen atoms in total. The van der Waals surface area contributed by atoms with Crippen LogP contribution in [-0.4, -0.2) is 12.8 Å². The maximum atomic E-state index is 3.85. The maximum absolute atomic E-state index is 3.85. The molecule has 0 fully saturated rings. The lowest BCUT2D eigenvalue weighted by atomic mass is 10.6. The van der Waals surface area contributed by atoms with E-state index in [1.807, 2.05) is 6.92 Å². The van der Waals surface area contributed by atoms with Crippen molar-refractivity contribution in [2.75, 3.05) is 6.54 Å². The van der Waals surface area contributed by atoms with Gasteiger partial charge in [0, 0.05) is 0 Å². The van der Waals surface area contributed by atoms with Crippen molar-refractivity contribution in [2.24, 2.45) is 4.99 Å². The molecular formula is C5H9N. The van der Waals surface area contributed by atoms with Gasteiger partial charge in [-0.1, -0.05) is 6.08 Å². The molecule has 1 heteroatoms. The molecule has 6 heavy (non-hydrogen) atoms. The first kappa shape index (κ1) is 5.41. The Morgan fingerprint density at radius 2 is 2.50 bits per heavy atom. The predicted molar refractivity (Wildman–Crippen MR) is 29.2 cm³/mol. The summed E-state index contributed by atoms with van der Waals surface area (Å²) in [7, 11) is 0. The fourth-order valence-corrected chi connectivity index (χ4v) is 0.180. The van der Waals surface area contributed by atoms with Crippen molar-refractivity contribution >= 4 is 6.21 Å². The second kappa shape index (κ2) is 4.41. The largest absolute Gasteiger partial charge is 0.294 e. The standard InChI is InChI=1S/C5H9N/c1-3-5-6-4-2/h3-4H,1,5H2,2H3/b6-4+. The van der Waals surface area contributed by atoms with Gasteiger partial charge in [0.15, 0.2) is 0 Å². The van der Waals surface area contributed by atoms with Crippen LogP contribution in [0, 0.1) is 0 Å². The van der Waals surface area contributed by atoms with E-state index in [-0.39, 0.29) is 0 Å². The van der Waals surface area contributed by atoms with Gasteiger partial charge in [-0.2, -0.15) is 0 Å². The van der Waals surface area contributed by atoms with E-state index in [1.54, 1.807) is 12.3 Å². The highest BCUT2D eigenvalue weighted by atomic mass is 14.7. The van der Waals surface area contributed by atoms with Gasteiger partial charge in [-0.3, -0.25) is 4.99 Å². The van der Waals surface area contributed by atoms with Crippen molar-refractivity contribution < 1.29 is 0 Å². The lowest BCUT2D eigenvalue weighted by Crippen LogP contribution is -1.66. The highest BCUT2D eigenvalue weighted by molar-refractivity contribution is 5.53. The van der Waals surface area contributed by atoms with Crippen molar-refractivity contribution in [1.82, 2.24) is 0 Å². The summed E-state index contributed by atoms with van der Waals surface area (Å²) in [5.74, 6) is 0. The summed E-state index contributed by atoms with van der Waals surface area (Å²) in [4.78, 5) is 3.85. The predicted octanol–water partition coefficient (Wildman–Crippen LogP) is 1.26.